The minimum Gasteiger partial charge on any atom is -0.481 e. The van der Waals surface area contributed by atoms with Crippen LogP contribution in [0.25, 0.3) is 0 Å². The van der Waals surface area contributed by atoms with E-state index in [9.17, 15) is 9.59 Å². The quantitative estimate of drug-likeness (QED) is 0.760. The minimum atomic E-state index is -0.912. The van der Waals surface area contributed by atoms with E-state index in [2.05, 4.69) is 5.32 Å². The van der Waals surface area contributed by atoms with Crippen molar-refractivity contribution in [2.24, 2.45) is 5.92 Å². The van der Waals surface area contributed by atoms with E-state index in [-0.39, 0.29) is 24.3 Å². The van der Waals surface area contributed by atoms with Crippen molar-refractivity contribution >= 4 is 11.9 Å². The third kappa shape index (κ3) is 4.00. The Morgan fingerprint density at radius 2 is 2.12 bits per heavy atom. The van der Waals surface area contributed by atoms with Gasteiger partial charge >= 0.3 is 5.97 Å². The minimum absolute atomic E-state index is 0.0318. The van der Waals surface area contributed by atoms with Crippen molar-refractivity contribution in [1.29, 1.82) is 0 Å². The summed E-state index contributed by atoms with van der Waals surface area (Å²) in [4.78, 5) is 22.7. The zero-order valence-electron chi connectivity index (χ0n) is 10.7. The topological polar surface area (TPSA) is 75.6 Å². The molecule has 0 aromatic rings. The molecule has 1 aliphatic rings. The molecule has 0 radical (unpaired) electrons. The number of carboxylic acid groups (broad SMARTS) is 1. The van der Waals surface area contributed by atoms with Crippen molar-refractivity contribution in [3.63, 3.8) is 0 Å². The Bertz CT molecular complexity index is 301. The molecule has 1 saturated heterocycles. The largest absolute Gasteiger partial charge is 0.481 e. The van der Waals surface area contributed by atoms with Gasteiger partial charge in [0.2, 0.25) is 5.91 Å². The van der Waals surface area contributed by atoms with Crippen LogP contribution in [0.3, 0.4) is 0 Å². The number of hydrogen-bond acceptors (Lipinski definition) is 3. The summed E-state index contributed by atoms with van der Waals surface area (Å²) in [6.07, 6.45) is 1.41. The lowest BCUT2D eigenvalue weighted by atomic mass is 9.95. The Labute approximate surface area is 102 Å². The molecule has 2 unspecified atom stereocenters. The van der Waals surface area contributed by atoms with E-state index in [4.69, 9.17) is 9.84 Å². The highest BCUT2D eigenvalue weighted by Crippen LogP contribution is 2.24. The van der Waals surface area contributed by atoms with Gasteiger partial charge in [0.25, 0.3) is 0 Å². The lowest BCUT2D eigenvalue weighted by Crippen LogP contribution is -2.48. The molecule has 1 rings (SSSR count). The van der Waals surface area contributed by atoms with Crippen molar-refractivity contribution in [1.82, 2.24) is 5.32 Å². The van der Waals surface area contributed by atoms with E-state index in [1.165, 1.54) is 0 Å². The molecule has 0 saturated carbocycles. The molecule has 1 heterocycles. The highest BCUT2D eigenvalue weighted by Gasteiger charge is 2.35. The SMILES string of the molecule is CCC1OCCC1C(=O)NC(C)(C)CC(=O)O. The maximum absolute atomic E-state index is 12.0. The van der Waals surface area contributed by atoms with Crippen LogP contribution in [0.4, 0.5) is 0 Å². The van der Waals surface area contributed by atoms with Gasteiger partial charge in [-0.2, -0.15) is 0 Å². The van der Waals surface area contributed by atoms with Crippen LogP contribution in [0.2, 0.25) is 0 Å². The lowest BCUT2D eigenvalue weighted by molar-refractivity contribution is -0.139. The third-order valence-electron chi connectivity index (χ3n) is 3.00. The van der Waals surface area contributed by atoms with Crippen LogP contribution in [0.5, 0.6) is 0 Å². The highest BCUT2D eigenvalue weighted by atomic mass is 16.5. The summed E-state index contributed by atoms with van der Waals surface area (Å²) in [6.45, 7) is 6.03. The van der Waals surface area contributed by atoms with Crippen LogP contribution in [0, 0.1) is 5.92 Å². The Morgan fingerprint density at radius 1 is 1.47 bits per heavy atom. The van der Waals surface area contributed by atoms with Crippen LogP contribution in [0.15, 0.2) is 0 Å². The van der Waals surface area contributed by atoms with E-state index >= 15 is 0 Å². The molecular weight excluding hydrogens is 222 g/mol. The van der Waals surface area contributed by atoms with E-state index < -0.39 is 11.5 Å². The summed E-state index contributed by atoms with van der Waals surface area (Å²) in [5.41, 5.74) is -0.718. The first-order valence-corrected chi connectivity index (χ1v) is 6.01. The average molecular weight is 243 g/mol. The molecule has 98 valence electrons. The fourth-order valence-electron chi connectivity index (χ4n) is 2.20. The van der Waals surface area contributed by atoms with E-state index in [1.807, 2.05) is 6.92 Å². The van der Waals surface area contributed by atoms with Crippen LogP contribution < -0.4 is 5.32 Å². The van der Waals surface area contributed by atoms with Crippen molar-refractivity contribution in [3.05, 3.63) is 0 Å². The number of ether oxygens (including phenoxy) is 1. The fourth-order valence-corrected chi connectivity index (χ4v) is 2.20. The van der Waals surface area contributed by atoms with Gasteiger partial charge in [0.1, 0.15) is 0 Å². The Kier molecular flexibility index (Phi) is 4.51. The van der Waals surface area contributed by atoms with Crippen molar-refractivity contribution in [2.75, 3.05) is 6.61 Å². The molecular formula is C12H21NO4. The molecule has 0 spiro atoms. The van der Waals surface area contributed by atoms with Gasteiger partial charge in [-0.3, -0.25) is 9.59 Å². The Morgan fingerprint density at radius 3 is 2.65 bits per heavy atom. The number of carboxylic acids is 1. The van der Waals surface area contributed by atoms with Gasteiger partial charge in [0, 0.05) is 12.1 Å². The van der Waals surface area contributed by atoms with Crippen LogP contribution in [-0.2, 0) is 14.3 Å². The molecule has 1 aliphatic heterocycles. The summed E-state index contributed by atoms with van der Waals surface area (Å²) in [5, 5.41) is 11.5. The van der Waals surface area contributed by atoms with Crippen LogP contribution in [-0.4, -0.2) is 35.2 Å². The molecule has 17 heavy (non-hydrogen) atoms. The summed E-state index contributed by atoms with van der Waals surface area (Å²) in [6, 6.07) is 0. The molecule has 0 bridgehead atoms. The Balaban J connectivity index is 2.56. The predicted molar refractivity (Wildman–Crippen MR) is 62.6 cm³/mol. The van der Waals surface area contributed by atoms with Crippen molar-refractivity contribution in [3.8, 4) is 0 Å². The highest BCUT2D eigenvalue weighted by molar-refractivity contribution is 5.81. The predicted octanol–water partition coefficient (Wildman–Crippen LogP) is 1.17. The lowest BCUT2D eigenvalue weighted by Gasteiger charge is -2.27. The second-order valence-electron chi connectivity index (χ2n) is 5.16. The van der Waals surface area contributed by atoms with Gasteiger partial charge in [-0.1, -0.05) is 6.92 Å². The first-order valence-electron chi connectivity index (χ1n) is 6.01. The zero-order chi connectivity index (χ0) is 13.1. The third-order valence-corrected chi connectivity index (χ3v) is 3.00. The molecule has 5 heteroatoms. The zero-order valence-corrected chi connectivity index (χ0v) is 10.7. The smallest absolute Gasteiger partial charge is 0.305 e. The first kappa shape index (κ1) is 14.0. The van der Waals surface area contributed by atoms with Crippen molar-refractivity contribution in [2.45, 2.75) is 51.7 Å². The average Bonchev–Trinajstić information content (AvgIpc) is 2.61. The maximum Gasteiger partial charge on any atom is 0.305 e. The van der Waals surface area contributed by atoms with Gasteiger partial charge < -0.3 is 15.2 Å². The molecule has 1 fully saturated rings. The number of carbonyl (C=O) groups is 2. The fraction of sp³-hybridized carbons (Fsp3) is 0.833. The van der Waals surface area contributed by atoms with E-state index in [0.29, 0.717) is 13.0 Å². The second kappa shape index (κ2) is 5.49. The van der Waals surface area contributed by atoms with Gasteiger partial charge in [-0.25, -0.2) is 0 Å². The standard InChI is InChI=1S/C12H21NO4/c1-4-9-8(5-6-17-9)11(16)13-12(2,3)7-10(14)15/h8-9H,4-7H2,1-3H3,(H,13,16)(H,14,15). The number of aliphatic carboxylic acids is 1. The summed E-state index contributed by atoms with van der Waals surface area (Å²) in [5.74, 6) is -1.15. The molecule has 0 aromatic carbocycles. The van der Waals surface area contributed by atoms with E-state index in [0.717, 1.165) is 6.42 Å². The molecule has 5 nitrogen and oxygen atoms in total. The maximum atomic E-state index is 12.0. The molecule has 1 amide bonds. The monoisotopic (exact) mass is 243 g/mol. The summed E-state index contributed by atoms with van der Waals surface area (Å²) in [7, 11) is 0. The molecule has 2 N–H and O–H groups in total. The number of carbonyl (C=O) groups excluding carboxylic acids is 1. The number of rotatable bonds is 5. The van der Waals surface area contributed by atoms with E-state index in [1.54, 1.807) is 13.8 Å². The number of hydrogen-bond donors (Lipinski definition) is 2. The van der Waals surface area contributed by atoms with Gasteiger partial charge in [-0.05, 0) is 26.7 Å². The van der Waals surface area contributed by atoms with Gasteiger partial charge in [-0.15, -0.1) is 0 Å². The summed E-state index contributed by atoms with van der Waals surface area (Å²) >= 11 is 0. The van der Waals surface area contributed by atoms with Crippen LogP contribution in [0.1, 0.15) is 40.0 Å². The molecule has 0 aliphatic carbocycles. The number of nitrogens with one attached hydrogen (secondary N) is 1. The molecule has 0 aromatic heterocycles. The van der Waals surface area contributed by atoms with Crippen LogP contribution >= 0.6 is 0 Å². The summed E-state index contributed by atoms with van der Waals surface area (Å²) < 4.78 is 5.45. The number of amides is 1. The van der Waals surface area contributed by atoms with Crippen molar-refractivity contribution < 1.29 is 19.4 Å². The second-order valence-corrected chi connectivity index (χ2v) is 5.16. The first-order chi connectivity index (χ1) is 7.85. The van der Waals surface area contributed by atoms with Gasteiger partial charge in [0.05, 0.1) is 18.4 Å². The normalized spacial score (nSPS) is 24.6. The molecule has 2 atom stereocenters. The Hall–Kier alpha value is -1.10. The van der Waals surface area contributed by atoms with Gasteiger partial charge in [0.15, 0.2) is 0 Å².